The van der Waals surface area contributed by atoms with Crippen LogP contribution in [0.2, 0.25) is 0 Å². The molecule has 0 amide bonds. The number of rotatable bonds is 13. The van der Waals surface area contributed by atoms with Crippen LogP contribution in [0.5, 0.6) is 11.6 Å². The van der Waals surface area contributed by atoms with Crippen molar-refractivity contribution in [3.63, 3.8) is 0 Å². The van der Waals surface area contributed by atoms with Crippen LogP contribution in [0.15, 0.2) is 133 Å². The van der Waals surface area contributed by atoms with Gasteiger partial charge in [-0.1, -0.05) is 109 Å². The lowest BCUT2D eigenvalue weighted by atomic mass is 10.0. The highest BCUT2D eigenvalue weighted by Crippen LogP contribution is 2.44. The summed E-state index contributed by atoms with van der Waals surface area (Å²) >= 11 is 1.53. The molecule has 4 atom stereocenters. The number of benzene rings is 4. The molecule has 6 aromatic rings. The minimum absolute atomic E-state index is 0.343. The van der Waals surface area contributed by atoms with Crippen LogP contribution in [0.1, 0.15) is 28.4 Å². The SMILES string of the molecule is c1ccc(COC[C@H]2O[C@@H](c3csc4c(Oc5ccccc5)ncnc34)[C@H](OCc3ccccc3)[C@@H]2OCc2ccccc2)cc1. The number of hydrogen-bond acceptors (Lipinski definition) is 8. The smallest absolute Gasteiger partial charge is 0.240 e. The summed E-state index contributed by atoms with van der Waals surface area (Å²) in [4.78, 5) is 9.16. The molecule has 232 valence electrons. The van der Waals surface area contributed by atoms with Gasteiger partial charge in [-0.05, 0) is 34.2 Å². The molecule has 3 heterocycles. The summed E-state index contributed by atoms with van der Waals surface area (Å²) < 4.78 is 33.5. The molecular weight excluding hydrogens is 596 g/mol. The lowest BCUT2D eigenvalue weighted by molar-refractivity contribution is -0.0898. The maximum Gasteiger partial charge on any atom is 0.240 e. The molecule has 8 heteroatoms. The molecule has 0 bridgehead atoms. The van der Waals surface area contributed by atoms with Gasteiger partial charge in [0, 0.05) is 5.56 Å². The number of aromatic nitrogens is 2. The second kappa shape index (κ2) is 14.8. The Morgan fingerprint density at radius 1 is 0.630 bits per heavy atom. The Bertz CT molecular complexity index is 1800. The van der Waals surface area contributed by atoms with Crippen molar-refractivity contribution >= 4 is 21.6 Å². The van der Waals surface area contributed by atoms with Gasteiger partial charge in [0.05, 0.1) is 31.9 Å². The minimum Gasteiger partial charge on any atom is -0.437 e. The van der Waals surface area contributed by atoms with Gasteiger partial charge >= 0.3 is 0 Å². The molecule has 0 unspecified atom stereocenters. The van der Waals surface area contributed by atoms with Gasteiger partial charge in [0.2, 0.25) is 5.88 Å². The summed E-state index contributed by atoms with van der Waals surface area (Å²) in [5, 5.41) is 2.07. The Labute approximate surface area is 272 Å². The van der Waals surface area contributed by atoms with Crippen molar-refractivity contribution in [3.8, 4) is 11.6 Å². The van der Waals surface area contributed by atoms with Gasteiger partial charge in [-0.25, -0.2) is 9.97 Å². The van der Waals surface area contributed by atoms with Gasteiger partial charge in [0.15, 0.2) is 0 Å². The standard InChI is InChI=1S/C38H34N2O5S/c1-5-13-27(14-6-1)21-41-24-32-35(42-22-28-15-7-2-8-16-28)36(43-23-29-17-9-3-10-18-29)34(45-32)31-25-46-37-33(31)39-26-40-38(37)44-30-19-11-4-12-20-30/h1-20,25-26,32,34-36H,21-24H2/t32-,34+,35-,36+/m1/s1. The first kappa shape index (κ1) is 30.2. The largest absolute Gasteiger partial charge is 0.437 e. The summed E-state index contributed by atoms with van der Waals surface area (Å²) in [6, 6.07) is 40.1. The fourth-order valence-corrected chi connectivity index (χ4v) is 6.59. The molecule has 0 aliphatic carbocycles. The Morgan fingerprint density at radius 2 is 1.20 bits per heavy atom. The first-order valence-corrected chi connectivity index (χ1v) is 16.2. The Balaban J connectivity index is 1.20. The van der Waals surface area contributed by atoms with E-state index in [-0.39, 0.29) is 6.10 Å². The van der Waals surface area contributed by atoms with Gasteiger partial charge in [-0.2, -0.15) is 0 Å². The summed E-state index contributed by atoms with van der Waals surface area (Å²) in [6.45, 7) is 1.65. The zero-order valence-electron chi connectivity index (χ0n) is 25.2. The van der Waals surface area contributed by atoms with E-state index in [1.54, 1.807) is 0 Å². The maximum atomic E-state index is 6.84. The molecular formula is C38H34N2O5S. The Kier molecular flexibility index (Phi) is 9.70. The van der Waals surface area contributed by atoms with E-state index < -0.39 is 18.3 Å². The molecule has 4 aromatic carbocycles. The molecule has 0 N–H and O–H groups in total. The predicted molar refractivity (Wildman–Crippen MR) is 178 cm³/mol. The van der Waals surface area contributed by atoms with Crippen molar-refractivity contribution in [3.05, 3.63) is 155 Å². The van der Waals surface area contributed by atoms with Crippen molar-refractivity contribution in [1.82, 2.24) is 9.97 Å². The molecule has 0 spiro atoms. The van der Waals surface area contributed by atoms with Crippen LogP contribution >= 0.6 is 11.3 Å². The Hall–Kier alpha value is -4.44. The van der Waals surface area contributed by atoms with E-state index in [1.807, 2.05) is 84.9 Å². The number of fused-ring (bicyclic) bond motifs is 1. The highest BCUT2D eigenvalue weighted by atomic mass is 32.1. The van der Waals surface area contributed by atoms with Crippen molar-refractivity contribution < 1.29 is 23.7 Å². The summed E-state index contributed by atoms with van der Waals surface area (Å²) in [7, 11) is 0. The van der Waals surface area contributed by atoms with Crippen LogP contribution in [0.3, 0.4) is 0 Å². The van der Waals surface area contributed by atoms with E-state index in [2.05, 4.69) is 46.8 Å². The summed E-state index contributed by atoms with van der Waals surface area (Å²) in [5.74, 6) is 1.22. The molecule has 2 aromatic heterocycles. The van der Waals surface area contributed by atoms with E-state index in [9.17, 15) is 0 Å². The van der Waals surface area contributed by atoms with Crippen molar-refractivity contribution in [1.29, 1.82) is 0 Å². The van der Waals surface area contributed by atoms with Gasteiger partial charge in [-0.15, -0.1) is 11.3 Å². The van der Waals surface area contributed by atoms with Crippen LogP contribution in [-0.2, 0) is 38.8 Å². The van der Waals surface area contributed by atoms with E-state index in [0.717, 1.165) is 32.5 Å². The summed E-state index contributed by atoms with van der Waals surface area (Å²) in [6.07, 6.45) is -0.129. The van der Waals surface area contributed by atoms with Crippen molar-refractivity contribution in [2.75, 3.05) is 6.61 Å². The lowest BCUT2D eigenvalue weighted by Crippen LogP contribution is -2.37. The molecule has 0 saturated carbocycles. The average Bonchev–Trinajstić information content (AvgIpc) is 3.70. The Morgan fingerprint density at radius 3 is 1.83 bits per heavy atom. The molecule has 1 saturated heterocycles. The van der Waals surface area contributed by atoms with E-state index >= 15 is 0 Å². The summed E-state index contributed by atoms with van der Waals surface area (Å²) in [5.41, 5.74) is 4.94. The second-order valence-corrected chi connectivity index (χ2v) is 12.0. The van der Waals surface area contributed by atoms with E-state index in [0.29, 0.717) is 38.1 Å². The lowest BCUT2D eigenvalue weighted by Gasteiger charge is -2.25. The first-order valence-electron chi connectivity index (χ1n) is 15.3. The van der Waals surface area contributed by atoms with Crippen molar-refractivity contribution in [2.24, 2.45) is 0 Å². The van der Waals surface area contributed by atoms with Crippen LogP contribution < -0.4 is 4.74 Å². The normalized spacial score (nSPS) is 19.4. The zero-order valence-corrected chi connectivity index (χ0v) is 26.0. The van der Waals surface area contributed by atoms with Gasteiger partial charge < -0.3 is 23.7 Å². The number of hydrogen-bond donors (Lipinski definition) is 0. The fourth-order valence-electron chi connectivity index (χ4n) is 5.62. The molecule has 7 rings (SSSR count). The highest BCUT2D eigenvalue weighted by Gasteiger charge is 2.48. The van der Waals surface area contributed by atoms with Crippen LogP contribution in [0.4, 0.5) is 0 Å². The van der Waals surface area contributed by atoms with Crippen LogP contribution in [0, 0.1) is 0 Å². The van der Waals surface area contributed by atoms with Gasteiger partial charge in [0.25, 0.3) is 0 Å². The fraction of sp³-hybridized carbons (Fsp3) is 0.211. The third-order valence-corrected chi connectivity index (χ3v) is 8.86. The third-order valence-electron chi connectivity index (χ3n) is 7.89. The predicted octanol–water partition coefficient (Wildman–Crippen LogP) is 8.31. The van der Waals surface area contributed by atoms with Gasteiger partial charge in [0.1, 0.15) is 41.2 Å². The zero-order chi connectivity index (χ0) is 31.0. The molecule has 7 nitrogen and oxygen atoms in total. The number of thiophene rings is 1. The average molecular weight is 631 g/mol. The van der Waals surface area contributed by atoms with Crippen LogP contribution in [-0.4, -0.2) is 34.9 Å². The molecule has 1 aliphatic rings. The first-order chi connectivity index (χ1) is 22.8. The molecule has 0 radical (unpaired) electrons. The van der Waals surface area contributed by atoms with Crippen LogP contribution in [0.25, 0.3) is 10.2 Å². The van der Waals surface area contributed by atoms with Gasteiger partial charge in [-0.3, -0.25) is 0 Å². The topological polar surface area (TPSA) is 71.9 Å². The van der Waals surface area contributed by atoms with E-state index in [4.69, 9.17) is 28.7 Å². The maximum absolute atomic E-state index is 6.84. The van der Waals surface area contributed by atoms with Crippen molar-refractivity contribution in [2.45, 2.75) is 44.2 Å². The monoisotopic (exact) mass is 630 g/mol. The second-order valence-electron chi connectivity index (χ2n) is 11.1. The molecule has 1 fully saturated rings. The third kappa shape index (κ3) is 7.17. The highest BCUT2D eigenvalue weighted by molar-refractivity contribution is 7.17. The molecule has 1 aliphatic heterocycles. The quantitative estimate of drug-likeness (QED) is 0.127. The van der Waals surface area contributed by atoms with E-state index in [1.165, 1.54) is 17.7 Å². The number of para-hydroxylation sites is 1. The minimum atomic E-state index is -0.456. The number of nitrogens with zero attached hydrogens (tertiary/aromatic N) is 2. The number of ether oxygens (including phenoxy) is 5. The molecule has 46 heavy (non-hydrogen) atoms.